The van der Waals surface area contributed by atoms with Crippen molar-refractivity contribution in [2.45, 2.75) is 39.7 Å². The van der Waals surface area contributed by atoms with Crippen molar-refractivity contribution < 1.29 is 14.3 Å². The molecule has 0 spiro atoms. The van der Waals surface area contributed by atoms with Gasteiger partial charge in [0.25, 0.3) is 0 Å². The standard InChI is InChI=1S/C22H28N4O3/c1-15-11-16(2)25-20(24-15)9-10-23-22(28)18-7-8-21(27)26(14-18)13-17-5-4-6-19(12-17)29-3/h4-6,11-12,18H,7-10,13-14H2,1-3H3,(H,23,28)/t18-/m0/s1. The summed E-state index contributed by atoms with van der Waals surface area (Å²) < 4.78 is 5.25. The molecule has 0 unspecified atom stereocenters. The fourth-order valence-corrected chi connectivity index (χ4v) is 3.63. The van der Waals surface area contributed by atoms with E-state index in [1.165, 1.54) is 0 Å². The Hall–Kier alpha value is -2.96. The topological polar surface area (TPSA) is 84.4 Å². The van der Waals surface area contributed by atoms with Crippen LogP contribution in [0.3, 0.4) is 0 Å². The Morgan fingerprint density at radius 2 is 2.00 bits per heavy atom. The van der Waals surface area contributed by atoms with Crippen LogP contribution in [0.4, 0.5) is 0 Å². The molecule has 0 aliphatic carbocycles. The summed E-state index contributed by atoms with van der Waals surface area (Å²) in [5.74, 6) is 1.37. The van der Waals surface area contributed by atoms with Crippen molar-refractivity contribution in [1.82, 2.24) is 20.2 Å². The number of rotatable bonds is 7. The lowest BCUT2D eigenvalue weighted by molar-refractivity contribution is -0.138. The molecule has 1 saturated heterocycles. The van der Waals surface area contributed by atoms with E-state index in [4.69, 9.17) is 4.74 Å². The smallest absolute Gasteiger partial charge is 0.224 e. The number of nitrogens with zero attached hydrogens (tertiary/aromatic N) is 3. The first kappa shape index (κ1) is 20.8. The Labute approximate surface area is 171 Å². The maximum absolute atomic E-state index is 12.6. The van der Waals surface area contributed by atoms with Crippen LogP contribution in [-0.4, -0.2) is 46.9 Å². The monoisotopic (exact) mass is 396 g/mol. The molecule has 1 aliphatic rings. The van der Waals surface area contributed by atoms with Gasteiger partial charge in [0, 0.05) is 43.9 Å². The maximum atomic E-state index is 12.6. The minimum atomic E-state index is -0.196. The summed E-state index contributed by atoms with van der Waals surface area (Å²) >= 11 is 0. The molecule has 0 radical (unpaired) electrons. The van der Waals surface area contributed by atoms with E-state index in [0.717, 1.165) is 28.5 Å². The van der Waals surface area contributed by atoms with Gasteiger partial charge in [-0.3, -0.25) is 9.59 Å². The molecule has 1 aliphatic heterocycles. The van der Waals surface area contributed by atoms with Crippen molar-refractivity contribution in [2.24, 2.45) is 5.92 Å². The Morgan fingerprint density at radius 1 is 1.24 bits per heavy atom. The number of nitrogens with one attached hydrogen (secondary N) is 1. The van der Waals surface area contributed by atoms with Crippen molar-refractivity contribution in [3.05, 3.63) is 53.1 Å². The van der Waals surface area contributed by atoms with Crippen molar-refractivity contribution in [1.29, 1.82) is 0 Å². The molecule has 1 N–H and O–H groups in total. The molecule has 7 nitrogen and oxygen atoms in total. The van der Waals surface area contributed by atoms with E-state index in [1.807, 2.05) is 44.2 Å². The Kier molecular flexibility index (Phi) is 6.80. The fraction of sp³-hybridized carbons (Fsp3) is 0.455. The first-order valence-corrected chi connectivity index (χ1v) is 9.94. The molecule has 2 heterocycles. The van der Waals surface area contributed by atoms with Crippen LogP contribution in [0.15, 0.2) is 30.3 Å². The number of aryl methyl sites for hydroxylation is 2. The number of likely N-dealkylation sites (tertiary alicyclic amines) is 1. The van der Waals surface area contributed by atoms with E-state index in [0.29, 0.717) is 38.9 Å². The van der Waals surface area contributed by atoms with Crippen molar-refractivity contribution in [2.75, 3.05) is 20.2 Å². The highest BCUT2D eigenvalue weighted by Crippen LogP contribution is 2.21. The molecule has 3 rings (SSSR count). The zero-order chi connectivity index (χ0) is 20.8. The highest BCUT2D eigenvalue weighted by molar-refractivity contribution is 5.83. The molecule has 0 saturated carbocycles. The van der Waals surface area contributed by atoms with Crippen molar-refractivity contribution in [3.63, 3.8) is 0 Å². The third-order valence-corrected chi connectivity index (χ3v) is 5.05. The predicted octanol–water partition coefficient (Wildman–Crippen LogP) is 2.20. The largest absolute Gasteiger partial charge is 0.497 e. The third kappa shape index (κ3) is 5.76. The summed E-state index contributed by atoms with van der Waals surface area (Å²) in [5.41, 5.74) is 2.85. The Balaban J connectivity index is 1.53. The van der Waals surface area contributed by atoms with Crippen LogP contribution in [0.2, 0.25) is 0 Å². The van der Waals surface area contributed by atoms with E-state index < -0.39 is 0 Å². The van der Waals surface area contributed by atoms with Crippen LogP contribution in [0.1, 0.15) is 35.6 Å². The number of piperidine rings is 1. The quantitative estimate of drug-likeness (QED) is 0.776. The number of hydrogen-bond donors (Lipinski definition) is 1. The van der Waals surface area contributed by atoms with Gasteiger partial charge in [-0.25, -0.2) is 9.97 Å². The summed E-state index contributed by atoms with van der Waals surface area (Å²) in [4.78, 5) is 35.5. The molecule has 2 aromatic rings. The lowest BCUT2D eigenvalue weighted by Gasteiger charge is -2.32. The van der Waals surface area contributed by atoms with E-state index in [2.05, 4.69) is 15.3 Å². The summed E-state index contributed by atoms with van der Waals surface area (Å²) in [6.45, 7) is 5.28. The van der Waals surface area contributed by atoms with E-state index in [1.54, 1.807) is 12.0 Å². The molecular weight excluding hydrogens is 368 g/mol. The minimum Gasteiger partial charge on any atom is -0.497 e. The lowest BCUT2D eigenvalue weighted by atomic mass is 9.96. The fourth-order valence-electron chi connectivity index (χ4n) is 3.63. The van der Waals surface area contributed by atoms with Crippen LogP contribution >= 0.6 is 0 Å². The van der Waals surface area contributed by atoms with Gasteiger partial charge in [0.05, 0.1) is 13.0 Å². The zero-order valence-electron chi connectivity index (χ0n) is 17.3. The minimum absolute atomic E-state index is 0.0162. The van der Waals surface area contributed by atoms with Crippen LogP contribution in [0.25, 0.3) is 0 Å². The van der Waals surface area contributed by atoms with Crippen LogP contribution < -0.4 is 10.1 Å². The number of hydrogen-bond acceptors (Lipinski definition) is 5. The summed E-state index contributed by atoms with van der Waals surface area (Å²) in [5, 5.41) is 2.98. The molecule has 1 aromatic heterocycles. The van der Waals surface area contributed by atoms with Gasteiger partial charge in [-0.2, -0.15) is 0 Å². The normalized spacial score (nSPS) is 16.6. The summed E-state index contributed by atoms with van der Waals surface area (Å²) in [6, 6.07) is 9.58. The van der Waals surface area contributed by atoms with Crippen LogP contribution in [0.5, 0.6) is 5.75 Å². The van der Waals surface area contributed by atoms with E-state index >= 15 is 0 Å². The maximum Gasteiger partial charge on any atom is 0.224 e. The van der Waals surface area contributed by atoms with Gasteiger partial charge in [0.15, 0.2) is 0 Å². The predicted molar refractivity (Wildman–Crippen MR) is 109 cm³/mol. The summed E-state index contributed by atoms with van der Waals surface area (Å²) in [6.07, 6.45) is 1.56. The molecule has 2 amide bonds. The van der Waals surface area contributed by atoms with Crippen molar-refractivity contribution in [3.8, 4) is 5.75 Å². The molecule has 29 heavy (non-hydrogen) atoms. The molecule has 1 atom stereocenters. The van der Waals surface area contributed by atoms with Gasteiger partial charge in [-0.05, 0) is 44.0 Å². The molecular formula is C22H28N4O3. The lowest BCUT2D eigenvalue weighted by Crippen LogP contribution is -2.45. The summed E-state index contributed by atoms with van der Waals surface area (Å²) in [7, 11) is 1.62. The van der Waals surface area contributed by atoms with Gasteiger partial charge in [0.2, 0.25) is 11.8 Å². The number of carbonyl (C=O) groups is 2. The number of carbonyl (C=O) groups excluding carboxylic acids is 2. The second-order valence-electron chi connectivity index (χ2n) is 7.47. The first-order chi connectivity index (χ1) is 13.9. The number of amides is 2. The third-order valence-electron chi connectivity index (χ3n) is 5.05. The number of benzene rings is 1. The zero-order valence-corrected chi connectivity index (χ0v) is 17.3. The van der Waals surface area contributed by atoms with Crippen LogP contribution in [0, 0.1) is 19.8 Å². The molecule has 154 valence electrons. The van der Waals surface area contributed by atoms with Gasteiger partial charge in [-0.1, -0.05) is 12.1 Å². The van der Waals surface area contributed by atoms with E-state index in [-0.39, 0.29) is 17.7 Å². The average molecular weight is 396 g/mol. The van der Waals surface area contributed by atoms with Crippen LogP contribution in [-0.2, 0) is 22.6 Å². The molecule has 7 heteroatoms. The second kappa shape index (κ2) is 9.49. The van der Waals surface area contributed by atoms with Gasteiger partial charge in [0.1, 0.15) is 11.6 Å². The van der Waals surface area contributed by atoms with Crippen molar-refractivity contribution >= 4 is 11.8 Å². The van der Waals surface area contributed by atoms with Gasteiger partial charge in [-0.15, -0.1) is 0 Å². The number of ether oxygens (including phenoxy) is 1. The Bertz CT molecular complexity index is 864. The molecule has 1 fully saturated rings. The average Bonchev–Trinajstić information content (AvgIpc) is 2.69. The van der Waals surface area contributed by atoms with Gasteiger partial charge < -0.3 is 15.0 Å². The first-order valence-electron chi connectivity index (χ1n) is 9.94. The van der Waals surface area contributed by atoms with Gasteiger partial charge >= 0.3 is 0 Å². The SMILES string of the molecule is COc1cccc(CN2C[C@@H](C(=O)NCCc3nc(C)cc(C)n3)CCC2=O)c1. The highest BCUT2D eigenvalue weighted by Gasteiger charge is 2.30. The Morgan fingerprint density at radius 3 is 2.72 bits per heavy atom. The highest BCUT2D eigenvalue weighted by atomic mass is 16.5. The van der Waals surface area contributed by atoms with E-state index in [9.17, 15) is 9.59 Å². The number of aromatic nitrogens is 2. The number of methoxy groups -OCH3 is 1. The second-order valence-corrected chi connectivity index (χ2v) is 7.47. The molecule has 1 aromatic carbocycles. The molecule has 0 bridgehead atoms.